The summed E-state index contributed by atoms with van der Waals surface area (Å²) in [5.74, 6) is 1.60. The summed E-state index contributed by atoms with van der Waals surface area (Å²) in [6.45, 7) is 5.28. The Kier molecular flexibility index (Phi) is 6.05. The number of pyridine rings is 1. The van der Waals surface area contributed by atoms with Crippen molar-refractivity contribution in [1.82, 2.24) is 15.0 Å². The van der Waals surface area contributed by atoms with Gasteiger partial charge < -0.3 is 19.9 Å². The molecule has 6 rings (SSSR count). The van der Waals surface area contributed by atoms with Crippen LogP contribution in [0.4, 0.5) is 17.2 Å². The van der Waals surface area contributed by atoms with E-state index >= 15 is 0 Å². The van der Waals surface area contributed by atoms with Crippen LogP contribution >= 0.6 is 11.3 Å². The summed E-state index contributed by atoms with van der Waals surface area (Å²) in [5.41, 5.74) is 3.56. The summed E-state index contributed by atoms with van der Waals surface area (Å²) in [5, 5.41) is 4.94. The molecule has 0 unspecified atom stereocenters. The Labute approximate surface area is 218 Å². The number of ether oxygens (including phenoxy) is 1. The number of fused-ring (bicyclic) bond motifs is 2. The van der Waals surface area contributed by atoms with Gasteiger partial charge in [0.05, 0.1) is 40.5 Å². The van der Waals surface area contributed by atoms with Crippen molar-refractivity contribution in [3.05, 3.63) is 77.6 Å². The fourth-order valence-electron chi connectivity index (χ4n) is 4.89. The zero-order valence-electron chi connectivity index (χ0n) is 20.6. The Morgan fingerprint density at radius 2 is 1.73 bits per heavy atom. The van der Waals surface area contributed by atoms with Crippen LogP contribution in [0.2, 0.25) is 0 Å². The number of thiophene rings is 1. The number of amides is 1. The van der Waals surface area contributed by atoms with E-state index in [1.807, 2.05) is 55.5 Å². The fraction of sp³-hybridized carbons (Fsp3) is 0.214. The molecule has 8 nitrogen and oxygen atoms in total. The lowest BCUT2D eigenvalue weighted by Crippen LogP contribution is -2.47. The monoisotopic (exact) mass is 510 g/mol. The third kappa shape index (κ3) is 4.31. The quantitative estimate of drug-likeness (QED) is 0.351. The highest BCUT2D eigenvalue weighted by molar-refractivity contribution is 7.20. The molecule has 3 aromatic heterocycles. The number of carbonyl (C=O) groups excluding carboxylic acids is 1. The molecular formula is C28H26N6O2S. The van der Waals surface area contributed by atoms with E-state index in [0.717, 1.165) is 70.1 Å². The van der Waals surface area contributed by atoms with Crippen LogP contribution in [0.25, 0.3) is 21.1 Å². The Morgan fingerprint density at radius 3 is 2.57 bits per heavy atom. The van der Waals surface area contributed by atoms with Crippen LogP contribution in [0, 0.1) is 6.92 Å². The molecule has 1 fully saturated rings. The second kappa shape index (κ2) is 9.67. The summed E-state index contributed by atoms with van der Waals surface area (Å²) in [7, 11) is 1.70. The van der Waals surface area contributed by atoms with Gasteiger partial charge in [-0.15, -0.1) is 11.3 Å². The first kappa shape index (κ1) is 23.2. The zero-order chi connectivity index (χ0) is 25.4. The van der Waals surface area contributed by atoms with Gasteiger partial charge in [0, 0.05) is 31.6 Å². The molecule has 0 bridgehead atoms. The predicted octanol–water partition coefficient (Wildman–Crippen LogP) is 5.14. The lowest BCUT2D eigenvalue weighted by molar-refractivity contribution is 0.103. The summed E-state index contributed by atoms with van der Waals surface area (Å²) in [6, 6.07) is 17.9. The highest BCUT2D eigenvalue weighted by Gasteiger charge is 2.25. The minimum atomic E-state index is -0.162. The normalized spacial score (nSPS) is 13.8. The van der Waals surface area contributed by atoms with Gasteiger partial charge in [0.2, 0.25) is 0 Å². The molecule has 1 N–H and O–H groups in total. The van der Waals surface area contributed by atoms with Crippen LogP contribution in [-0.4, -0.2) is 54.1 Å². The molecule has 1 aliphatic rings. The van der Waals surface area contributed by atoms with Crippen molar-refractivity contribution in [3.63, 3.8) is 0 Å². The maximum absolute atomic E-state index is 13.3. The van der Waals surface area contributed by atoms with Crippen molar-refractivity contribution in [1.29, 1.82) is 0 Å². The minimum Gasteiger partial charge on any atom is -0.495 e. The molecule has 1 amide bonds. The molecule has 0 radical (unpaired) electrons. The van der Waals surface area contributed by atoms with Crippen molar-refractivity contribution in [2.75, 3.05) is 48.4 Å². The fourth-order valence-corrected chi connectivity index (χ4v) is 5.93. The van der Waals surface area contributed by atoms with E-state index in [-0.39, 0.29) is 5.91 Å². The van der Waals surface area contributed by atoms with Gasteiger partial charge in [-0.3, -0.25) is 9.78 Å². The van der Waals surface area contributed by atoms with E-state index in [1.165, 1.54) is 11.3 Å². The van der Waals surface area contributed by atoms with Gasteiger partial charge in [0.25, 0.3) is 5.91 Å². The molecule has 1 aliphatic heterocycles. The molecule has 186 valence electrons. The van der Waals surface area contributed by atoms with Gasteiger partial charge in [-0.25, -0.2) is 9.97 Å². The third-order valence-electron chi connectivity index (χ3n) is 6.77. The molecule has 0 spiro atoms. The van der Waals surface area contributed by atoms with E-state index < -0.39 is 0 Å². The van der Waals surface area contributed by atoms with Crippen LogP contribution in [-0.2, 0) is 0 Å². The summed E-state index contributed by atoms with van der Waals surface area (Å²) in [4.78, 5) is 33.0. The average Bonchev–Trinajstić information content (AvgIpc) is 3.29. The number of benzene rings is 2. The van der Waals surface area contributed by atoms with Crippen LogP contribution in [0.3, 0.4) is 0 Å². The van der Waals surface area contributed by atoms with Gasteiger partial charge >= 0.3 is 0 Å². The van der Waals surface area contributed by atoms with Crippen LogP contribution in [0.1, 0.15) is 15.2 Å². The number of aromatic nitrogens is 3. The van der Waals surface area contributed by atoms with Crippen molar-refractivity contribution in [2.45, 2.75) is 6.92 Å². The minimum absolute atomic E-state index is 0.162. The van der Waals surface area contributed by atoms with E-state index in [0.29, 0.717) is 10.6 Å². The first-order chi connectivity index (χ1) is 18.1. The molecule has 2 aromatic carbocycles. The zero-order valence-corrected chi connectivity index (χ0v) is 21.5. The van der Waals surface area contributed by atoms with Gasteiger partial charge in [-0.1, -0.05) is 30.3 Å². The number of nitrogens with one attached hydrogen (secondary N) is 1. The molecule has 9 heteroatoms. The standard InChI is InChI=1S/C28H26N6O2S/c1-18-24-26(34-13-11-33(12-14-34)22-9-5-6-10-23(22)36-2)30-17-31-28(24)37-25(18)27(35)32-20-15-19-7-3-4-8-21(19)29-16-20/h3-10,15-17H,11-14H2,1-2H3,(H,32,35). The second-order valence-corrected chi connectivity index (χ2v) is 9.95. The van der Waals surface area contributed by atoms with E-state index in [4.69, 9.17) is 4.74 Å². The van der Waals surface area contributed by atoms with Gasteiger partial charge in [-0.2, -0.15) is 0 Å². The first-order valence-corrected chi connectivity index (χ1v) is 13.0. The van der Waals surface area contributed by atoms with Crippen molar-refractivity contribution in [3.8, 4) is 5.75 Å². The smallest absolute Gasteiger partial charge is 0.266 e. The van der Waals surface area contributed by atoms with Gasteiger partial charge in [0.1, 0.15) is 22.7 Å². The van der Waals surface area contributed by atoms with Gasteiger partial charge in [0.15, 0.2) is 0 Å². The number of piperazine rings is 1. The number of carbonyl (C=O) groups is 1. The van der Waals surface area contributed by atoms with Crippen LogP contribution < -0.4 is 19.9 Å². The van der Waals surface area contributed by atoms with E-state index in [1.54, 1.807) is 19.6 Å². The largest absolute Gasteiger partial charge is 0.495 e. The lowest BCUT2D eigenvalue weighted by atomic mass is 10.1. The second-order valence-electron chi connectivity index (χ2n) is 8.95. The number of methoxy groups -OCH3 is 1. The number of aryl methyl sites for hydroxylation is 1. The first-order valence-electron chi connectivity index (χ1n) is 12.2. The molecule has 4 heterocycles. The Balaban J connectivity index is 1.24. The van der Waals surface area contributed by atoms with E-state index in [9.17, 15) is 4.79 Å². The van der Waals surface area contributed by atoms with Crippen molar-refractivity contribution < 1.29 is 9.53 Å². The Hall–Kier alpha value is -4.24. The number of para-hydroxylation sites is 3. The SMILES string of the molecule is COc1ccccc1N1CCN(c2ncnc3sc(C(=O)Nc4cnc5ccccc5c4)c(C)c23)CC1. The predicted molar refractivity (Wildman–Crippen MR) is 149 cm³/mol. The maximum atomic E-state index is 13.3. The Bertz CT molecular complexity index is 1610. The Morgan fingerprint density at radius 1 is 0.973 bits per heavy atom. The molecule has 0 atom stereocenters. The molecule has 0 saturated carbocycles. The summed E-state index contributed by atoms with van der Waals surface area (Å²) < 4.78 is 5.56. The molecule has 37 heavy (non-hydrogen) atoms. The van der Waals surface area contributed by atoms with Crippen LogP contribution in [0.5, 0.6) is 5.75 Å². The van der Waals surface area contributed by atoms with E-state index in [2.05, 4.69) is 36.1 Å². The van der Waals surface area contributed by atoms with Gasteiger partial charge in [-0.05, 0) is 36.8 Å². The maximum Gasteiger partial charge on any atom is 0.266 e. The lowest BCUT2D eigenvalue weighted by Gasteiger charge is -2.37. The van der Waals surface area contributed by atoms with Crippen LogP contribution in [0.15, 0.2) is 67.1 Å². The molecule has 1 saturated heterocycles. The number of rotatable bonds is 5. The van der Waals surface area contributed by atoms with Crippen molar-refractivity contribution >= 4 is 55.6 Å². The topological polar surface area (TPSA) is 83.5 Å². The molecule has 0 aliphatic carbocycles. The average molecular weight is 511 g/mol. The number of nitrogens with zero attached hydrogens (tertiary/aromatic N) is 5. The molecule has 5 aromatic rings. The number of anilines is 3. The third-order valence-corrected chi connectivity index (χ3v) is 7.97. The van der Waals surface area contributed by atoms with Crippen molar-refractivity contribution in [2.24, 2.45) is 0 Å². The molecular weight excluding hydrogens is 484 g/mol. The highest BCUT2D eigenvalue weighted by atomic mass is 32.1. The highest BCUT2D eigenvalue weighted by Crippen LogP contribution is 2.36. The summed E-state index contributed by atoms with van der Waals surface area (Å²) in [6.07, 6.45) is 3.28. The number of hydrogen-bond acceptors (Lipinski definition) is 8. The number of hydrogen-bond donors (Lipinski definition) is 1. The summed E-state index contributed by atoms with van der Waals surface area (Å²) >= 11 is 1.40.